The maximum atomic E-state index is 10.7. The summed E-state index contributed by atoms with van der Waals surface area (Å²) < 4.78 is 1.74. The van der Waals surface area contributed by atoms with E-state index in [9.17, 15) is 10.1 Å². The lowest BCUT2D eigenvalue weighted by atomic mass is 10.0. The number of para-hydroxylation sites is 1. The van der Waals surface area contributed by atoms with Gasteiger partial charge in [-0.05, 0) is 31.5 Å². The van der Waals surface area contributed by atoms with Crippen LogP contribution in [-0.4, -0.2) is 19.9 Å². The van der Waals surface area contributed by atoms with Crippen molar-refractivity contribution >= 4 is 5.69 Å². The maximum absolute atomic E-state index is 10.7. The van der Waals surface area contributed by atoms with Crippen LogP contribution in [0.15, 0.2) is 60.8 Å². The number of hydrogen-bond acceptors (Lipinski definition) is 5. The van der Waals surface area contributed by atoms with Crippen LogP contribution in [0.25, 0.3) is 5.69 Å². The fraction of sp³-hybridized carbons (Fsp3) is 0.222. The Bertz CT molecular complexity index is 857. The molecule has 0 saturated heterocycles. The number of aromatic nitrogens is 3. The van der Waals surface area contributed by atoms with E-state index in [1.165, 1.54) is 12.1 Å². The van der Waals surface area contributed by atoms with Crippen LogP contribution < -0.4 is 5.32 Å². The van der Waals surface area contributed by atoms with Crippen LogP contribution in [0, 0.1) is 10.1 Å². The Labute approximate surface area is 145 Å². The van der Waals surface area contributed by atoms with Crippen molar-refractivity contribution in [3.05, 3.63) is 82.2 Å². The molecule has 0 aliphatic heterocycles. The highest BCUT2D eigenvalue weighted by Gasteiger charge is 2.23. The van der Waals surface area contributed by atoms with Crippen LogP contribution >= 0.6 is 0 Å². The van der Waals surface area contributed by atoms with Gasteiger partial charge in [-0.25, -0.2) is 4.68 Å². The molecule has 0 radical (unpaired) electrons. The molecule has 0 amide bonds. The normalized spacial score (nSPS) is 11.4. The summed E-state index contributed by atoms with van der Waals surface area (Å²) in [6, 6.07) is 16.3. The Hall–Kier alpha value is -3.06. The molecule has 1 heterocycles. The Kier molecular flexibility index (Phi) is 4.58. The predicted octanol–water partition coefficient (Wildman–Crippen LogP) is 3.20. The zero-order valence-electron chi connectivity index (χ0n) is 14.1. The quantitative estimate of drug-likeness (QED) is 0.551. The molecule has 0 atom stereocenters. The van der Waals surface area contributed by atoms with Crippen LogP contribution in [0.5, 0.6) is 0 Å². The van der Waals surface area contributed by atoms with Crippen molar-refractivity contribution in [3.63, 3.8) is 0 Å². The van der Waals surface area contributed by atoms with Gasteiger partial charge in [-0.15, -0.1) is 5.10 Å². The van der Waals surface area contributed by atoms with Crippen molar-refractivity contribution in [2.45, 2.75) is 25.9 Å². The van der Waals surface area contributed by atoms with E-state index in [1.54, 1.807) is 16.8 Å². The number of nitro benzene ring substituents is 1. The first-order chi connectivity index (χ1) is 12.0. The highest BCUT2D eigenvalue weighted by Crippen LogP contribution is 2.20. The van der Waals surface area contributed by atoms with E-state index in [0.29, 0.717) is 6.54 Å². The second-order valence-electron chi connectivity index (χ2n) is 6.29. The molecule has 3 rings (SSSR count). The molecule has 0 bridgehead atoms. The lowest BCUT2D eigenvalue weighted by Crippen LogP contribution is -2.36. The topological polar surface area (TPSA) is 85.9 Å². The molecule has 7 nitrogen and oxygen atoms in total. The molecule has 3 aromatic rings. The summed E-state index contributed by atoms with van der Waals surface area (Å²) in [5.74, 6) is 0. The molecular formula is C18H19N5O2. The second-order valence-corrected chi connectivity index (χ2v) is 6.29. The van der Waals surface area contributed by atoms with Crippen LogP contribution in [0.1, 0.15) is 25.1 Å². The number of nitrogens with zero attached hydrogens (tertiary/aromatic N) is 4. The third kappa shape index (κ3) is 3.89. The number of rotatable bonds is 6. The van der Waals surface area contributed by atoms with Crippen LogP contribution in [0.3, 0.4) is 0 Å². The molecule has 128 valence electrons. The molecule has 25 heavy (non-hydrogen) atoms. The molecule has 0 aliphatic carbocycles. The van der Waals surface area contributed by atoms with Gasteiger partial charge in [0.25, 0.3) is 5.69 Å². The summed E-state index contributed by atoms with van der Waals surface area (Å²) in [7, 11) is 0. The molecule has 0 aliphatic rings. The van der Waals surface area contributed by atoms with E-state index in [2.05, 4.69) is 15.6 Å². The molecule has 7 heteroatoms. The monoisotopic (exact) mass is 337 g/mol. The highest BCUT2D eigenvalue weighted by molar-refractivity contribution is 5.33. The van der Waals surface area contributed by atoms with Gasteiger partial charge in [-0.2, -0.15) is 0 Å². The molecule has 1 aromatic heterocycles. The fourth-order valence-corrected chi connectivity index (χ4v) is 2.41. The molecule has 0 unspecified atom stereocenters. The van der Waals surface area contributed by atoms with Crippen molar-refractivity contribution < 1.29 is 4.92 Å². The summed E-state index contributed by atoms with van der Waals surface area (Å²) in [6.07, 6.45) is 1.90. The van der Waals surface area contributed by atoms with Gasteiger partial charge in [0, 0.05) is 18.7 Å². The maximum Gasteiger partial charge on any atom is 0.269 e. The minimum Gasteiger partial charge on any atom is -0.302 e. The van der Waals surface area contributed by atoms with Gasteiger partial charge < -0.3 is 5.32 Å². The minimum atomic E-state index is -0.400. The Balaban J connectivity index is 1.69. The van der Waals surface area contributed by atoms with Crippen LogP contribution in [-0.2, 0) is 12.1 Å². The molecule has 2 aromatic carbocycles. The number of hydrogen-bond donors (Lipinski definition) is 1. The lowest BCUT2D eigenvalue weighted by Gasteiger charge is -2.23. The van der Waals surface area contributed by atoms with Crippen molar-refractivity contribution in [1.29, 1.82) is 0 Å². The van der Waals surface area contributed by atoms with Crippen molar-refractivity contribution in [3.8, 4) is 5.69 Å². The zero-order chi connectivity index (χ0) is 17.9. The minimum absolute atomic E-state index is 0.0915. The van der Waals surface area contributed by atoms with Gasteiger partial charge in [0.05, 0.1) is 22.3 Å². The van der Waals surface area contributed by atoms with E-state index >= 15 is 0 Å². The average Bonchev–Trinajstić information content (AvgIpc) is 3.12. The first-order valence-corrected chi connectivity index (χ1v) is 7.92. The number of non-ortho nitro benzene ring substituents is 1. The average molecular weight is 337 g/mol. The third-order valence-corrected chi connectivity index (χ3v) is 4.04. The van der Waals surface area contributed by atoms with E-state index in [-0.39, 0.29) is 5.69 Å². The van der Waals surface area contributed by atoms with E-state index in [4.69, 9.17) is 0 Å². The second kappa shape index (κ2) is 6.82. The van der Waals surface area contributed by atoms with Crippen molar-refractivity contribution in [2.24, 2.45) is 0 Å². The van der Waals surface area contributed by atoms with E-state index < -0.39 is 10.5 Å². The summed E-state index contributed by atoms with van der Waals surface area (Å²) >= 11 is 0. The summed E-state index contributed by atoms with van der Waals surface area (Å²) in [6.45, 7) is 4.62. The van der Waals surface area contributed by atoms with Crippen LogP contribution in [0.4, 0.5) is 5.69 Å². The van der Waals surface area contributed by atoms with Gasteiger partial charge in [0.15, 0.2) is 0 Å². The first-order valence-electron chi connectivity index (χ1n) is 7.92. The number of nitrogens with one attached hydrogen (secondary N) is 1. The zero-order valence-corrected chi connectivity index (χ0v) is 14.1. The fourth-order valence-electron chi connectivity index (χ4n) is 2.41. The van der Waals surface area contributed by atoms with Gasteiger partial charge in [0.1, 0.15) is 5.69 Å². The summed E-state index contributed by atoms with van der Waals surface area (Å²) in [5, 5.41) is 22.6. The third-order valence-electron chi connectivity index (χ3n) is 4.04. The number of benzene rings is 2. The van der Waals surface area contributed by atoms with Crippen molar-refractivity contribution in [2.75, 3.05) is 0 Å². The van der Waals surface area contributed by atoms with Gasteiger partial charge >= 0.3 is 0 Å². The molecule has 0 fully saturated rings. The van der Waals surface area contributed by atoms with E-state index in [0.717, 1.165) is 16.9 Å². The van der Waals surface area contributed by atoms with Crippen molar-refractivity contribution in [1.82, 2.24) is 20.3 Å². The smallest absolute Gasteiger partial charge is 0.269 e. The lowest BCUT2D eigenvalue weighted by molar-refractivity contribution is -0.384. The first kappa shape index (κ1) is 16.8. The van der Waals surface area contributed by atoms with E-state index in [1.807, 2.05) is 50.4 Å². The Morgan fingerprint density at radius 1 is 1.12 bits per heavy atom. The molecule has 0 saturated carbocycles. The number of nitro groups is 1. The standard InChI is InChI=1S/C18H19N5O2/c1-18(2,19-12-14-8-10-16(11-9-14)23(24)25)17-13-22(21-20-17)15-6-4-3-5-7-15/h3-11,13,19H,12H2,1-2H3. The molecular weight excluding hydrogens is 318 g/mol. The van der Waals surface area contributed by atoms with Crippen LogP contribution in [0.2, 0.25) is 0 Å². The predicted molar refractivity (Wildman–Crippen MR) is 94.3 cm³/mol. The van der Waals surface area contributed by atoms with Gasteiger partial charge in [-0.3, -0.25) is 10.1 Å². The highest BCUT2D eigenvalue weighted by atomic mass is 16.6. The van der Waals surface area contributed by atoms with Gasteiger partial charge in [0.2, 0.25) is 0 Å². The SMILES string of the molecule is CC(C)(NCc1ccc([N+](=O)[O-])cc1)c1cn(-c2ccccc2)nn1. The summed E-state index contributed by atoms with van der Waals surface area (Å²) in [4.78, 5) is 10.3. The Morgan fingerprint density at radius 3 is 2.44 bits per heavy atom. The largest absolute Gasteiger partial charge is 0.302 e. The molecule has 0 spiro atoms. The summed E-state index contributed by atoms with van der Waals surface area (Å²) in [5.41, 5.74) is 2.43. The Morgan fingerprint density at radius 2 is 1.80 bits per heavy atom. The molecule has 1 N–H and O–H groups in total. The van der Waals surface area contributed by atoms with Gasteiger partial charge in [-0.1, -0.05) is 35.5 Å².